The molecule has 2 aliphatic rings. The maximum absolute atomic E-state index is 13.2. The number of allylic oxidation sites excluding steroid dienone is 1. The van der Waals surface area contributed by atoms with Crippen molar-refractivity contribution in [1.29, 1.82) is 0 Å². The molecule has 1 saturated heterocycles. The largest absolute Gasteiger partial charge is 0.493 e. The molecule has 1 saturated carbocycles. The number of fused-ring (bicyclic) bond motifs is 3. The van der Waals surface area contributed by atoms with Gasteiger partial charge >= 0.3 is 0 Å². The van der Waals surface area contributed by atoms with E-state index in [-0.39, 0.29) is 12.1 Å². The fourth-order valence-corrected chi connectivity index (χ4v) is 4.77. The van der Waals surface area contributed by atoms with Crippen molar-refractivity contribution in [1.82, 2.24) is 9.47 Å². The number of methoxy groups -OCH3 is 2. The van der Waals surface area contributed by atoms with Crippen LogP contribution in [0.3, 0.4) is 0 Å². The molecule has 27 heavy (non-hydrogen) atoms. The van der Waals surface area contributed by atoms with E-state index in [4.69, 9.17) is 21.1 Å². The summed E-state index contributed by atoms with van der Waals surface area (Å²) in [6.07, 6.45) is 3.84. The fraction of sp³-hybridized carbons (Fsp3) is 0.476. The Labute approximate surface area is 164 Å². The van der Waals surface area contributed by atoms with Crippen molar-refractivity contribution in [3.8, 4) is 11.5 Å². The van der Waals surface area contributed by atoms with Crippen LogP contribution in [0.2, 0.25) is 0 Å². The van der Waals surface area contributed by atoms with Crippen LogP contribution in [0.1, 0.15) is 24.8 Å². The molecule has 2 heterocycles. The Bertz CT molecular complexity index is 953. The van der Waals surface area contributed by atoms with Gasteiger partial charge in [0.1, 0.15) is 0 Å². The Morgan fingerprint density at radius 3 is 2.56 bits per heavy atom. The van der Waals surface area contributed by atoms with Gasteiger partial charge in [-0.15, -0.1) is 0 Å². The van der Waals surface area contributed by atoms with Crippen molar-refractivity contribution in [3.63, 3.8) is 0 Å². The lowest BCUT2D eigenvalue weighted by atomic mass is 10.1. The third kappa shape index (κ3) is 3.34. The first kappa shape index (κ1) is 18.4. The molecule has 1 aromatic carbocycles. The van der Waals surface area contributed by atoms with Gasteiger partial charge in [0.25, 0.3) is 5.56 Å². The summed E-state index contributed by atoms with van der Waals surface area (Å²) >= 11 is 6.07. The first-order valence-corrected chi connectivity index (χ1v) is 9.73. The highest BCUT2D eigenvalue weighted by molar-refractivity contribution is 6.29. The minimum atomic E-state index is -0.0145. The number of halogens is 1. The highest BCUT2D eigenvalue weighted by Gasteiger charge is 2.37. The molecule has 0 amide bonds. The number of ether oxygens (including phenoxy) is 2. The number of benzene rings is 1. The summed E-state index contributed by atoms with van der Waals surface area (Å²) in [5.74, 6) is 2.03. The maximum atomic E-state index is 13.2. The number of pyridine rings is 1. The van der Waals surface area contributed by atoms with Gasteiger partial charge in [-0.25, -0.2) is 0 Å². The van der Waals surface area contributed by atoms with Crippen LogP contribution in [0.4, 0.5) is 0 Å². The van der Waals surface area contributed by atoms with Crippen LogP contribution in [-0.2, 0) is 13.1 Å². The van der Waals surface area contributed by atoms with Gasteiger partial charge in [-0.2, -0.15) is 0 Å². The zero-order valence-corrected chi connectivity index (χ0v) is 16.6. The topological polar surface area (TPSA) is 43.7 Å². The predicted molar refractivity (Wildman–Crippen MR) is 108 cm³/mol. The number of aromatic nitrogens is 1. The van der Waals surface area contributed by atoms with E-state index < -0.39 is 0 Å². The molecule has 0 N–H and O–H groups in total. The second kappa shape index (κ2) is 7.21. The Balaban J connectivity index is 1.82. The summed E-state index contributed by atoms with van der Waals surface area (Å²) in [6.45, 7) is 5.82. The quantitative estimate of drug-likeness (QED) is 0.755. The third-order valence-electron chi connectivity index (χ3n) is 5.90. The predicted octanol–water partition coefficient (Wildman–Crippen LogP) is 3.76. The van der Waals surface area contributed by atoms with Gasteiger partial charge in [0.2, 0.25) is 0 Å². The summed E-state index contributed by atoms with van der Waals surface area (Å²) < 4.78 is 12.5. The first-order valence-electron chi connectivity index (χ1n) is 9.36. The van der Waals surface area contributed by atoms with E-state index in [0.717, 1.165) is 28.9 Å². The molecule has 1 aliphatic carbocycles. The van der Waals surface area contributed by atoms with E-state index in [1.807, 2.05) is 18.2 Å². The second-order valence-corrected chi connectivity index (χ2v) is 8.14. The summed E-state index contributed by atoms with van der Waals surface area (Å²) in [7, 11) is 3.20. The SMILES string of the molecule is C=C(Cl)Cn1c(=O)c(CN2C[C@H]3CC[C@@H]2C3)cc2cc(OC)c(OC)cc21. The molecular formula is C21H25ClN2O3. The molecule has 0 radical (unpaired) electrons. The number of likely N-dealkylation sites (tertiary alicyclic amines) is 1. The third-order valence-corrected chi connectivity index (χ3v) is 6.02. The molecular weight excluding hydrogens is 364 g/mol. The van der Waals surface area contributed by atoms with Crippen LogP contribution in [0, 0.1) is 5.92 Å². The van der Waals surface area contributed by atoms with Crippen molar-refractivity contribution in [3.05, 3.63) is 45.7 Å². The van der Waals surface area contributed by atoms with Crippen molar-refractivity contribution < 1.29 is 9.47 Å². The molecule has 4 rings (SSSR count). The van der Waals surface area contributed by atoms with Crippen LogP contribution >= 0.6 is 11.6 Å². The lowest BCUT2D eigenvalue weighted by Crippen LogP contribution is -2.35. The maximum Gasteiger partial charge on any atom is 0.255 e. The van der Waals surface area contributed by atoms with E-state index in [2.05, 4.69) is 11.5 Å². The first-order chi connectivity index (χ1) is 13.0. The molecule has 2 aromatic rings. The van der Waals surface area contributed by atoms with E-state index in [1.165, 1.54) is 19.3 Å². The highest BCUT2D eigenvalue weighted by Crippen LogP contribution is 2.38. The van der Waals surface area contributed by atoms with Gasteiger partial charge in [-0.3, -0.25) is 9.69 Å². The second-order valence-electron chi connectivity index (χ2n) is 7.61. The Kier molecular flexibility index (Phi) is 4.91. The van der Waals surface area contributed by atoms with Crippen LogP contribution < -0.4 is 15.0 Å². The molecule has 2 atom stereocenters. The Morgan fingerprint density at radius 1 is 1.22 bits per heavy atom. The smallest absolute Gasteiger partial charge is 0.255 e. The number of hydrogen-bond donors (Lipinski definition) is 0. The van der Waals surface area contributed by atoms with Crippen molar-refractivity contribution in [2.75, 3.05) is 20.8 Å². The fourth-order valence-electron chi connectivity index (χ4n) is 4.65. The average molecular weight is 389 g/mol. The average Bonchev–Trinajstić information content (AvgIpc) is 3.27. The van der Waals surface area contributed by atoms with Crippen molar-refractivity contribution in [2.45, 2.75) is 38.4 Å². The van der Waals surface area contributed by atoms with Gasteiger partial charge in [-0.1, -0.05) is 18.2 Å². The van der Waals surface area contributed by atoms with E-state index in [1.54, 1.807) is 18.8 Å². The molecule has 1 aromatic heterocycles. The van der Waals surface area contributed by atoms with Crippen molar-refractivity contribution in [2.24, 2.45) is 5.92 Å². The molecule has 144 valence electrons. The molecule has 2 fully saturated rings. The molecule has 6 heteroatoms. The van der Waals surface area contributed by atoms with Gasteiger partial charge in [-0.05, 0) is 37.3 Å². The van der Waals surface area contributed by atoms with Crippen LogP contribution in [0.15, 0.2) is 34.6 Å². The number of piperidine rings is 1. The molecule has 0 unspecified atom stereocenters. The minimum Gasteiger partial charge on any atom is -0.493 e. The summed E-state index contributed by atoms with van der Waals surface area (Å²) in [5, 5.41) is 1.36. The standard InChI is InChI=1S/C21H25ClN2O3/c1-13(22)10-24-18-9-20(27-3)19(26-2)8-15(18)7-16(21(24)25)12-23-11-14-4-5-17(23)6-14/h7-9,14,17H,1,4-6,10-12H2,2-3H3/t14-,17+/m0/s1. The monoisotopic (exact) mass is 388 g/mol. The molecule has 1 aliphatic heterocycles. The van der Waals surface area contributed by atoms with E-state index in [0.29, 0.717) is 29.1 Å². The Hall–Kier alpha value is -1.98. The summed E-state index contributed by atoms with van der Waals surface area (Å²) in [5.41, 5.74) is 1.55. The van der Waals surface area contributed by atoms with E-state index >= 15 is 0 Å². The van der Waals surface area contributed by atoms with Crippen LogP contribution in [0.5, 0.6) is 11.5 Å². The lowest BCUT2D eigenvalue weighted by molar-refractivity contribution is 0.204. The lowest BCUT2D eigenvalue weighted by Gasteiger charge is -2.27. The van der Waals surface area contributed by atoms with Gasteiger partial charge in [0, 0.05) is 41.2 Å². The van der Waals surface area contributed by atoms with Crippen LogP contribution in [0.25, 0.3) is 10.9 Å². The van der Waals surface area contributed by atoms with Crippen LogP contribution in [-0.4, -0.2) is 36.3 Å². The van der Waals surface area contributed by atoms with Gasteiger partial charge in [0.15, 0.2) is 11.5 Å². The highest BCUT2D eigenvalue weighted by atomic mass is 35.5. The molecule has 0 spiro atoms. The number of rotatable bonds is 6. The van der Waals surface area contributed by atoms with Gasteiger partial charge in [0.05, 0.1) is 26.3 Å². The molecule has 2 bridgehead atoms. The van der Waals surface area contributed by atoms with E-state index in [9.17, 15) is 4.79 Å². The zero-order valence-electron chi connectivity index (χ0n) is 15.8. The normalized spacial score (nSPS) is 21.7. The van der Waals surface area contributed by atoms with Gasteiger partial charge < -0.3 is 14.0 Å². The summed E-state index contributed by atoms with van der Waals surface area (Å²) in [6, 6.07) is 6.35. The Morgan fingerprint density at radius 2 is 1.96 bits per heavy atom. The number of nitrogens with zero attached hydrogens (tertiary/aromatic N) is 2. The zero-order chi connectivity index (χ0) is 19.1. The van der Waals surface area contributed by atoms with Crippen molar-refractivity contribution >= 4 is 22.5 Å². The number of hydrogen-bond acceptors (Lipinski definition) is 4. The minimum absolute atomic E-state index is 0.0145. The summed E-state index contributed by atoms with van der Waals surface area (Å²) in [4.78, 5) is 15.7. The molecule has 5 nitrogen and oxygen atoms in total.